The van der Waals surface area contributed by atoms with E-state index in [-0.39, 0.29) is 0 Å². The molecule has 2 aliphatic rings. The zero-order chi connectivity index (χ0) is 17.2. The van der Waals surface area contributed by atoms with Crippen LogP contribution in [-0.2, 0) is 0 Å². The number of nitrogens with one attached hydrogen (secondary N) is 1. The van der Waals surface area contributed by atoms with E-state index in [9.17, 15) is 0 Å². The summed E-state index contributed by atoms with van der Waals surface area (Å²) in [7, 11) is 0. The monoisotopic (exact) mass is 340 g/mol. The molecule has 3 rings (SSSR count). The molecule has 1 aliphatic carbocycles. The molecule has 2 heteroatoms. The lowest BCUT2D eigenvalue weighted by molar-refractivity contribution is 0.547. The minimum Gasteiger partial charge on any atom is -0.370 e. The van der Waals surface area contributed by atoms with Gasteiger partial charge >= 0.3 is 0 Å². The second-order valence-corrected chi connectivity index (χ2v) is 7.96. The summed E-state index contributed by atoms with van der Waals surface area (Å²) in [6.45, 7) is 1.02. The Bertz CT molecular complexity index is 508. The van der Waals surface area contributed by atoms with E-state index in [0.29, 0.717) is 12.0 Å². The lowest BCUT2D eigenvalue weighted by Gasteiger charge is -2.23. The third-order valence-corrected chi connectivity index (χ3v) is 5.97. The molecule has 2 nitrogen and oxygen atoms in total. The van der Waals surface area contributed by atoms with Crippen LogP contribution in [0.5, 0.6) is 0 Å². The van der Waals surface area contributed by atoms with Crippen LogP contribution < -0.4 is 5.32 Å². The van der Waals surface area contributed by atoms with E-state index in [0.717, 1.165) is 13.0 Å². The molecule has 25 heavy (non-hydrogen) atoms. The smallest absolute Gasteiger partial charge is 0.0965 e. The Morgan fingerprint density at radius 2 is 1.40 bits per heavy atom. The average molecular weight is 341 g/mol. The average Bonchev–Trinajstić information content (AvgIpc) is 3.11. The second-order valence-electron chi connectivity index (χ2n) is 7.96. The largest absolute Gasteiger partial charge is 0.370 e. The van der Waals surface area contributed by atoms with Gasteiger partial charge in [0.1, 0.15) is 0 Å². The molecule has 2 atom stereocenters. The van der Waals surface area contributed by atoms with Crippen LogP contribution in [0.4, 0.5) is 0 Å². The van der Waals surface area contributed by atoms with Crippen molar-refractivity contribution in [1.29, 1.82) is 0 Å². The molecule has 0 radical (unpaired) electrons. The number of nitrogens with zero attached hydrogens (tertiary/aromatic N) is 1. The first-order valence-electron chi connectivity index (χ1n) is 10.8. The van der Waals surface area contributed by atoms with Crippen molar-refractivity contribution in [3.63, 3.8) is 0 Å². The molecule has 1 aliphatic heterocycles. The van der Waals surface area contributed by atoms with Crippen LogP contribution in [0.2, 0.25) is 0 Å². The summed E-state index contributed by atoms with van der Waals surface area (Å²) in [5.74, 6) is 1.96. The topological polar surface area (TPSA) is 24.4 Å². The predicted octanol–water partition coefficient (Wildman–Crippen LogP) is 6.23. The fourth-order valence-corrected chi connectivity index (χ4v) is 4.50. The number of hydrogen-bond acceptors (Lipinski definition) is 2. The number of hydrogen-bond donors (Lipinski definition) is 1. The molecular weight excluding hydrogens is 304 g/mol. The van der Waals surface area contributed by atoms with Gasteiger partial charge in [-0.1, -0.05) is 81.7 Å². The van der Waals surface area contributed by atoms with Gasteiger partial charge in [0, 0.05) is 24.9 Å². The van der Waals surface area contributed by atoms with Gasteiger partial charge in [0.15, 0.2) is 0 Å². The summed E-state index contributed by atoms with van der Waals surface area (Å²) in [4.78, 5) is 4.98. The molecule has 0 aromatic heterocycles. The molecule has 1 N–H and O–H groups in total. The van der Waals surface area contributed by atoms with Crippen LogP contribution >= 0.6 is 0 Å². The molecule has 0 saturated heterocycles. The Balaban J connectivity index is 1.59. The molecule has 1 aromatic rings. The van der Waals surface area contributed by atoms with Crippen LogP contribution in [0.3, 0.4) is 0 Å². The molecule has 1 heterocycles. The highest BCUT2D eigenvalue weighted by atomic mass is 15.0. The van der Waals surface area contributed by atoms with Crippen molar-refractivity contribution in [3.8, 4) is 0 Å². The molecule has 1 fully saturated rings. The third kappa shape index (κ3) is 6.17. The van der Waals surface area contributed by atoms with Crippen LogP contribution in [0.25, 0.3) is 0 Å². The number of amidine groups is 1. The van der Waals surface area contributed by atoms with Gasteiger partial charge in [-0.2, -0.15) is 0 Å². The highest BCUT2D eigenvalue weighted by Gasteiger charge is 2.28. The molecule has 2 unspecified atom stereocenters. The Morgan fingerprint density at radius 1 is 0.720 bits per heavy atom. The van der Waals surface area contributed by atoms with E-state index in [1.807, 2.05) is 0 Å². The molecule has 0 amide bonds. The number of rotatable bonds is 2. The van der Waals surface area contributed by atoms with E-state index >= 15 is 0 Å². The van der Waals surface area contributed by atoms with Crippen LogP contribution in [0, 0.1) is 0 Å². The fraction of sp³-hybridized carbons (Fsp3) is 0.696. The zero-order valence-electron chi connectivity index (χ0n) is 15.9. The molecule has 138 valence electrons. The Morgan fingerprint density at radius 3 is 2.16 bits per heavy atom. The van der Waals surface area contributed by atoms with Gasteiger partial charge in [-0.3, -0.25) is 4.99 Å². The summed E-state index contributed by atoms with van der Waals surface area (Å²) < 4.78 is 0. The van der Waals surface area contributed by atoms with Crippen molar-refractivity contribution in [2.75, 3.05) is 6.54 Å². The lowest BCUT2D eigenvalue weighted by atomic mass is 9.94. The van der Waals surface area contributed by atoms with Gasteiger partial charge in [-0.25, -0.2) is 0 Å². The lowest BCUT2D eigenvalue weighted by Crippen LogP contribution is -2.36. The molecular formula is C23H36N2. The SMILES string of the molecule is c1ccc(C2CCCC2N/C2=N\CCCCCCCCCCC2)cc1. The third-order valence-electron chi connectivity index (χ3n) is 5.97. The van der Waals surface area contributed by atoms with Crippen molar-refractivity contribution < 1.29 is 0 Å². The summed E-state index contributed by atoms with van der Waals surface area (Å²) in [5, 5.41) is 3.88. The Hall–Kier alpha value is -1.31. The van der Waals surface area contributed by atoms with E-state index in [1.165, 1.54) is 88.4 Å². The zero-order valence-corrected chi connectivity index (χ0v) is 15.9. The Kier molecular flexibility index (Phi) is 7.86. The van der Waals surface area contributed by atoms with Gasteiger partial charge in [-0.05, 0) is 31.2 Å². The predicted molar refractivity (Wildman–Crippen MR) is 108 cm³/mol. The normalized spacial score (nSPS) is 28.9. The van der Waals surface area contributed by atoms with Crippen LogP contribution in [0.1, 0.15) is 95.0 Å². The number of aliphatic imine (C=N–C) groups is 1. The van der Waals surface area contributed by atoms with Crippen molar-refractivity contribution in [2.45, 2.75) is 95.4 Å². The van der Waals surface area contributed by atoms with Gasteiger partial charge in [0.05, 0.1) is 5.84 Å². The standard InChI is InChI=1S/C23H36N2/c1-2-4-6-11-18-23(24-19-12-7-5-3-1)25-22-17-13-16-21(22)20-14-9-8-10-15-20/h8-10,14-15,21-22H,1-7,11-13,16-19H2,(H,24,25). The van der Waals surface area contributed by atoms with Crippen LogP contribution in [-0.4, -0.2) is 18.4 Å². The van der Waals surface area contributed by atoms with E-state index in [1.54, 1.807) is 0 Å². The van der Waals surface area contributed by atoms with Gasteiger partial charge in [-0.15, -0.1) is 0 Å². The van der Waals surface area contributed by atoms with E-state index < -0.39 is 0 Å². The molecule has 0 spiro atoms. The fourth-order valence-electron chi connectivity index (χ4n) is 4.50. The maximum absolute atomic E-state index is 4.98. The van der Waals surface area contributed by atoms with Crippen molar-refractivity contribution in [3.05, 3.63) is 35.9 Å². The highest BCUT2D eigenvalue weighted by molar-refractivity contribution is 5.82. The van der Waals surface area contributed by atoms with Crippen LogP contribution in [0.15, 0.2) is 35.3 Å². The van der Waals surface area contributed by atoms with Crippen molar-refractivity contribution in [1.82, 2.24) is 5.32 Å². The summed E-state index contributed by atoms with van der Waals surface area (Å²) in [5.41, 5.74) is 1.50. The maximum Gasteiger partial charge on any atom is 0.0965 e. The maximum atomic E-state index is 4.98. The van der Waals surface area contributed by atoms with E-state index in [2.05, 4.69) is 35.6 Å². The number of benzene rings is 1. The van der Waals surface area contributed by atoms with Crippen molar-refractivity contribution in [2.24, 2.45) is 4.99 Å². The first-order valence-corrected chi connectivity index (χ1v) is 10.8. The highest BCUT2D eigenvalue weighted by Crippen LogP contribution is 2.34. The first-order chi connectivity index (χ1) is 12.4. The summed E-state index contributed by atoms with van der Waals surface area (Å²) in [6.07, 6.45) is 17.5. The first kappa shape index (κ1) is 18.5. The summed E-state index contributed by atoms with van der Waals surface area (Å²) >= 11 is 0. The summed E-state index contributed by atoms with van der Waals surface area (Å²) in [6, 6.07) is 11.7. The molecule has 1 aromatic carbocycles. The van der Waals surface area contributed by atoms with Crippen molar-refractivity contribution >= 4 is 5.84 Å². The minimum absolute atomic E-state index is 0.580. The Labute approximate surface area is 154 Å². The quantitative estimate of drug-likeness (QED) is 0.678. The molecule has 0 bridgehead atoms. The minimum atomic E-state index is 0.580. The van der Waals surface area contributed by atoms with Gasteiger partial charge < -0.3 is 5.32 Å². The molecule has 1 saturated carbocycles. The second kappa shape index (κ2) is 10.6. The van der Waals surface area contributed by atoms with Gasteiger partial charge in [0.2, 0.25) is 0 Å². The van der Waals surface area contributed by atoms with E-state index in [4.69, 9.17) is 4.99 Å². The van der Waals surface area contributed by atoms with Gasteiger partial charge in [0.25, 0.3) is 0 Å².